The second-order valence-corrected chi connectivity index (χ2v) is 8.11. The number of anilines is 4. The maximum atomic E-state index is 3.65. The van der Waals surface area contributed by atoms with Crippen molar-refractivity contribution in [2.75, 3.05) is 10.6 Å². The smallest absolute Gasteiger partial charge is 0.0485 e. The first-order valence-corrected chi connectivity index (χ1v) is 11.1. The SMILES string of the molecule is c1ccc(Nc2cccc(Nc3ccccc3)c2-c2cccc3[nH]c4ccccc4c23)cc1. The first kappa shape index (κ1) is 19.2. The molecule has 6 aromatic rings. The summed E-state index contributed by atoms with van der Waals surface area (Å²) in [7, 11) is 0. The zero-order valence-corrected chi connectivity index (χ0v) is 18.0. The molecule has 0 amide bonds. The lowest BCUT2D eigenvalue weighted by molar-refractivity contribution is 1.50. The van der Waals surface area contributed by atoms with Crippen molar-refractivity contribution in [3.05, 3.63) is 121 Å². The number of hydrogen-bond donors (Lipinski definition) is 3. The zero-order chi connectivity index (χ0) is 22.0. The van der Waals surface area contributed by atoms with E-state index in [1.54, 1.807) is 0 Å². The van der Waals surface area contributed by atoms with E-state index in [4.69, 9.17) is 0 Å². The first-order chi connectivity index (χ1) is 16.4. The average Bonchev–Trinajstić information content (AvgIpc) is 3.25. The number of aromatic amines is 1. The lowest BCUT2D eigenvalue weighted by Crippen LogP contribution is -1.99. The van der Waals surface area contributed by atoms with E-state index in [0.717, 1.165) is 39.3 Å². The molecule has 0 spiro atoms. The minimum Gasteiger partial charge on any atom is -0.355 e. The third-order valence-corrected chi connectivity index (χ3v) is 5.97. The number of fused-ring (bicyclic) bond motifs is 3. The van der Waals surface area contributed by atoms with Crippen molar-refractivity contribution in [1.82, 2.24) is 4.98 Å². The van der Waals surface area contributed by atoms with Crippen molar-refractivity contribution in [1.29, 1.82) is 0 Å². The van der Waals surface area contributed by atoms with Gasteiger partial charge in [0.25, 0.3) is 0 Å². The summed E-state index contributed by atoms with van der Waals surface area (Å²) in [5, 5.41) is 9.76. The highest BCUT2D eigenvalue weighted by Gasteiger charge is 2.17. The predicted octanol–water partition coefficient (Wildman–Crippen LogP) is 8.48. The fourth-order valence-electron chi connectivity index (χ4n) is 4.51. The quantitative estimate of drug-likeness (QED) is 0.259. The molecule has 1 heterocycles. The lowest BCUT2D eigenvalue weighted by atomic mass is 9.96. The average molecular weight is 426 g/mol. The molecule has 33 heavy (non-hydrogen) atoms. The van der Waals surface area contributed by atoms with E-state index >= 15 is 0 Å². The molecule has 0 unspecified atom stereocenters. The molecule has 0 aliphatic rings. The molecule has 0 aliphatic heterocycles. The largest absolute Gasteiger partial charge is 0.355 e. The number of hydrogen-bond acceptors (Lipinski definition) is 2. The van der Waals surface area contributed by atoms with Crippen LogP contribution < -0.4 is 10.6 Å². The molecule has 3 N–H and O–H groups in total. The summed E-state index contributed by atoms with van der Waals surface area (Å²) in [6, 6.07) is 42.0. The summed E-state index contributed by atoms with van der Waals surface area (Å²) in [4.78, 5) is 3.59. The predicted molar refractivity (Wildman–Crippen MR) is 141 cm³/mol. The number of rotatable bonds is 5. The minimum absolute atomic E-state index is 1.06. The first-order valence-electron chi connectivity index (χ1n) is 11.1. The molecule has 6 rings (SSSR count). The van der Waals surface area contributed by atoms with E-state index in [-0.39, 0.29) is 0 Å². The molecule has 3 heteroatoms. The number of para-hydroxylation sites is 3. The van der Waals surface area contributed by atoms with Crippen molar-refractivity contribution in [3.8, 4) is 11.1 Å². The highest BCUT2D eigenvalue weighted by atomic mass is 14.9. The van der Waals surface area contributed by atoms with Gasteiger partial charge in [-0.1, -0.05) is 72.8 Å². The van der Waals surface area contributed by atoms with Gasteiger partial charge < -0.3 is 15.6 Å². The van der Waals surface area contributed by atoms with Crippen molar-refractivity contribution in [3.63, 3.8) is 0 Å². The summed E-state index contributed by atoms with van der Waals surface area (Å²) in [6.45, 7) is 0. The second kappa shape index (κ2) is 8.21. The molecule has 0 radical (unpaired) electrons. The van der Waals surface area contributed by atoms with E-state index in [1.165, 1.54) is 16.3 Å². The molecule has 1 aromatic heterocycles. The highest BCUT2D eigenvalue weighted by molar-refractivity contribution is 6.16. The Morgan fingerprint density at radius 3 is 1.67 bits per heavy atom. The van der Waals surface area contributed by atoms with Crippen LogP contribution in [0, 0.1) is 0 Å². The Hall–Kier alpha value is -4.50. The maximum absolute atomic E-state index is 3.65. The molecule has 5 aromatic carbocycles. The van der Waals surface area contributed by atoms with Crippen molar-refractivity contribution >= 4 is 44.6 Å². The molecule has 0 fully saturated rings. The standard InChI is InChI=1S/C30H23N3/c1-3-11-21(12-4-1)31-27-19-10-20-28(32-22-13-5-2-6-14-22)30(27)24-16-9-18-26-29(24)23-15-7-8-17-25(23)33-26/h1-20,31-33H. The molecule has 0 aliphatic carbocycles. The van der Waals surface area contributed by atoms with Gasteiger partial charge in [-0.3, -0.25) is 0 Å². The van der Waals surface area contributed by atoms with Crippen LogP contribution in [-0.2, 0) is 0 Å². The van der Waals surface area contributed by atoms with Crippen LogP contribution in [0.3, 0.4) is 0 Å². The van der Waals surface area contributed by atoms with Gasteiger partial charge in [0.15, 0.2) is 0 Å². The number of aromatic nitrogens is 1. The van der Waals surface area contributed by atoms with Crippen molar-refractivity contribution in [2.45, 2.75) is 0 Å². The topological polar surface area (TPSA) is 39.8 Å². The molecule has 3 nitrogen and oxygen atoms in total. The van der Waals surface area contributed by atoms with Crippen molar-refractivity contribution < 1.29 is 0 Å². The summed E-state index contributed by atoms with van der Waals surface area (Å²) >= 11 is 0. The number of benzene rings is 5. The number of nitrogens with one attached hydrogen (secondary N) is 3. The van der Waals surface area contributed by atoms with Gasteiger partial charge in [0.05, 0.1) is 0 Å². The van der Waals surface area contributed by atoms with Crippen LogP contribution >= 0.6 is 0 Å². The second-order valence-electron chi connectivity index (χ2n) is 8.11. The Morgan fingerprint density at radius 1 is 0.455 bits per heavy atom. The third kappa shape index (κ3) is 3.60. The van der Waals surface area contributed by atoms with Crippen LogP contribution in [0.25, 0.3) is 32.9 Å². The monoisotopic (exact) mass is 425 g/mol. The van der Waals surface area contributed by atoms with E-state index < -0.39 is 0 Å². The van der Waals surface area contributed by atoms with Crippen LogP contribution in [0.15, 0.2) is 121 Å². The van der Waals surface area contributed by atoms with Gasteiger partial charge in [-0.15, -0.1) is 0 Å². The molecule has 158 valence electrons. The normalized spacial score (nSPS) is 11.0. The summed E-state index contributed by atoms with van der Waals surface area (Å²) in [5.74, 6) is 0. The summed E-state index contributed by atoms with van der Waals surface area (Å²) < 4.78 is 0. The van der Waals surface area contributed by atoms with Crippen LogP contribution in [-0.4, -0.2) is 4.98 Å². The van der Waals surface area contributed by atoms with Gasteiger partial charge in [0.2, 0.25) is 0 Å². The maximum Gasteiger partial charge on any atom is 0.0485 e. The Kier molecular flexibility index (Phi) is 4.78. The zero-order valence-electron chi connectivity index (χ0n) is 18.0. The molecule has 0 saturated heterocycles. The van der Waals surface area contributed by atoms with Crippen LogP contribution in [0.1, 0.15) is 0 Å². The van der Waals surface area contributed by atoms with E-state index in [0.29, 0.717) is 0 Å². The Labute approximate surface area is 192 Å². The van der Waals surface area contributed by atoms with Gasteiger partial charge in [0.1, 0.15) is 0 Å². The fraction of sp³-hybridized carbons (Fsp3) is 0. The fourth-order valence-corrected chi connectivity index (χ4v) is 4.51. The van der Waals surface area contributed by atoms with Gasteiger partial charge in [-0.25, -0.2) is 0 Å². The van der Waals surface area contributed by atoms with Crippen LogP contribution in [0.4, 0.5) is 22.7 Å². The number of H-pyrrole nitrogens is 1. The Bertz CT molecular complexity index is 1490. The Morgan fingerprint density at radius 2 is 1.00 bits per heavy atom. The van der Waals surface area contributed by atoms with Gasteiger partial charge in [0, 0.05) is 50.1 Å². The minimum atomic E-state index is 1.06. The Balaban J connectivity index is 1.61. The van der Waals surface area contributed by atoms with E-state index in [1.807, 2.05) is 12.1 Å². The van der Waals surface area contributed by atoms with E-state index in [2.05, 4.69) is 125 Å². The van der Waals surface area contributed by atoms with E-state index in [9.17, 15) is 0 Å². The molecule has 0 atom stereocenters. The van der Waals surface area contributed by atoms with Crippen LogP contribution in [0.5, 0.6) is 0 Å². The molecule has 0 saturated carbocycles. The molecule has 0 bridgehead atoms. The van der Waals surface area contributed by atoms with Gasteiger partial charge in [-0.2, -0.15) is 0 Å². The van der Waals surface area contributed by atoms with Gasteiger partial charge in [-0.05, 0) is 54.1 Å². The summed E-state index contributed by atoms with van der Waals surface area (Å²) in [6.07, 6.45) is 0. The van der Waals surface area contributed by atoms with Crippen molar-refractivity contribution in [2.24, 2.45) is 0 Å². The summed E-state index contributed by atoms with van der Waals surface area (Å²) in [5.41, 5.74) is 8.83. The highest BCUT2D eigenvalue weighted by Crippen LogP contribution is 2.43. The molecular weight excluding hydrogens is 402 g/mol. The third-order valence-electron chi connectivity index (χ3n) is 5.97. The lowest BCUT2D eigenvalue weighted by Gasteiger charge is -2.19. The van der Waals surface area contributed by atoms with Crippen LogP contribution in [0.2, 0.25) is 0 Å². The van der Waals surface area contributed by atoms with Gasteiger partial charge >= 0.3 is 0 Å². The molecular formula is C30H23N3.